The molecule has 27 heavy (non-hydrogen) atoms. The van der Waals surface area contributed by atoms with Gasteiger partial charge in [0.25, 0.3) is 0 Å². The van der Waals surface area contributed by atoms with E-state index < -0.39 is 0 Å². The number of rotatable bonds is 6. The van der Waals surface area contributed by atoms with Crippen LogP contribution >= 0.6 is 0 Å². The Labute approximate surface area is 158 Å². The van der Waals surface area contributed by atoms with Crippen molar-refractivity contribution in [1.29, 1.82) is 0 Å². The summed E-state index contributed by atoms with van der Waals surface area (Å²) >= 11 is 0. The highest BCUT2D eigenvalue weighted by atomic mass is 16.5. The number of nitrogens with one attached hydrogen (secondary N) is 2. The molecule has 1 aliphatic rings. The Morgan fingerprint density at radius 3 is 2.85 bits per heavy atom. The molecule has 0 aliphatic heterocycles. The first-order valence-corrected chi connectivity index (χ1v) is 9.45. The molecule has 0 unspecified atom stereocenters. The molecule has 0 atom stereocenters. The Morgan fingerprint density at radius 2 is 2.04 bits per heavy atom. The Bertz CT molecular complexity index is 947. The van der Waals surface area contributed by atoms with Gasteiger partial charge >= 0.3 is 0 Å². The number of anilines is 2. The standard InChI is InChI=1S/C22H23N3O2/c1-2-13-27-19-14-23-12-11-16(19)21-22(24-15-7-4-3-5-8-15)20-17(25-21)9-6-10-18(20)26/h3-5,7-8,11-12,14,24-25H,2,6,9-10,13H2,1H3. The molecule has 2 heterocycles. The van der Waals surface area contributed by atoms with Gasteiger partial charge in [0.05, 0.1) is 29.7 Å². The summed E-state index contributed by atoms with van der Waals surface area (Å²) in [6.45, 7) is 2.70. The number of H-pyrrole nitrogens is 1. The number of carbonyl (C=O) groups excluding carboxylic acids is 1. The van der Waals surface area contributed by atoms with Crippen molar-refractivity contribution in [1.82, 2.24) is 9.97 Å². The van der Waals surface area contributed by atoms with Crippen LogP contribution in [0.1, 0.15) is 42.2 Å². The zero-order chi connectivity index (χ0) is 18.6. The van der Waals surface area contributed by atoms with Crippen molar-refractivity contribution in [3.63, 3.8) is 0 Å². The van der Waals surface area contributed by atoms with Crippen molar-refractivity contribution >= 4 is 17.2 Å². The summed E-state index contributed by atoms with van der Waals surface area (Å²) in [6, 6.07) is 11.9. The van der Waals surface area contributed by atoms with Gasteiger partial charge in [-0.2, -0.15) is 0 Å². The largest absolute Gasteiger partial charge is 0.491 e. The first-order valence-electron chi connectivity index (χ1n) is 9.45. The minimum absolute atomic E-state index is 0.183. The second-order valence-electron chi connectivity index (χ2n) is 6.72. The van der Waals surface area contributed by atoms with Gasteiger partial charge in [-0.05, 0) is 37.5 Å². The molecule has 3 aromatic rings. The number of aromatic amines is 1. The number of hydrogen-bond acceptors (Lipinski definition) is 4. The smallest absolute Gasteiger partial charge is 0.166 e. The average molecular weight is 361 g/mol. The molecule has 5 nitrogen and oxygen atoms in total. The topological polar surface area (TPSA) is 67.0 Å². The van der Waals surface area contributed by atoms with Crippen LogP contribution in [-0.2, 0) is 6.42 Å². The van der Waals surface area contributed by atoms with Gasteiger partial charge in [0.2, 0.25) is 0 Å². The molecule has 2 aromatic heterocycles. The summed E-state index contributed by atoms with van der Waals surface area (Å²) in [5, 5.41) is 3.46. The van der Waals surface area contributed by atoms with Crippen molar-refractivity contribution in [3.8, 4) is 17.0 Å². The third-order valence-corrected chi connectivity index (χ3v) is 4.75. The maximum atomic E-state index is 12.7. The average Bonchev–Trinajstić information content (AvgIpc) is 3.07. The predicted molar refractivity (Wildman–Crippen MR) is 107 cm³/mol. The highest BCUT2D eigenvalue weighted by Crippen LogP contribution is 2.41. The fraction of sp³-hybridized carbons (Fsp3) is 0.273. The van der Waals surface area contributed by atoms with Crippen molar-refractivity contribution in [2.75, 3.05) is 11.9 Å². The van der Waals surface area contributed by atoms with E-state index >= 15 is 0 Å². The van der Waals surface area contributed by atoms with Gasteiger partial charge in [0, 0.05) is 29.6 Å². The molecule has 2 N–H and O–H groups in total. The highest BCUT2D eigenvalue weighted by molar-refractivity contribution is 6.07. The second kappa shape index (κ2) is 7.66. The van der Waals surface area contributed by atoms with E-state index in [0.29, 0.717) is 13.0 Å². The van der Waals surface area contributed by atoms with Gasteiger partial charge in [0.1, 0.15) is 5.75 Å². The van der Waals surface area contributed by atoms with Gasteiger partial charge in [-0.1, -0.05) is 25.1 Å². The molecule has 0 saturated carbocycles. The molecule has 0 bridgehead atoms. The maximum Gasteiger partial charge on any atom is 0.166 e. The zero-order valence-corrected chi connectivity index (χ0v) is 15.4. The van der Waals surface area contributed by atoms with Crippen molar-refractivity contribution < 1.29 is 9.53 Å². The number of aryl methyl sites for hydroxylation is 1. The summed E-state index contributed by atoms with van der Waals surface area (Å²) in [5.74, 6) is 0.906. The molecule has 0 fully saturated rings. The van der Waals surface area contributed by atoms with E-state index in [0.717, 1.165) is 58.9 Å². The maximum absolute atomic E-state index is 12.7. The zero-order valence-electron chi connectivity index (χ0n) is 15.4. The molecule has 0 spiro atoms. The molecule has 0 amide bonds. The summed E-state index contributed by atoms with van der Waals surface area (Å²) < 4.78 is 5.91. The van der Waals surface area contributed by atoms with Gasteiger partial charge in [0.15, 0.2) is 5.78 Å². The number of pyridine rings is 1. The Kier molecular flexibility index (Phi) is 4.92. The van der Waals surface area contributed by atoms with E-state index in [-0.39, 0.29) is 5.78 Å². The first kappa shape index (κ1) is 17.3. The molecule has 0 radical (unpaired) electrons. The van der Waals surface area contributed by atoms with Gasteiger partial charge in [-0.25, -0.2) is 0 Å². The predicted octanol–water partition coefficient (Wildman–Crippen LogP) is 5.13. The highest BCUT2D eigenvalue weighted by Gasteiger charge is 2.28. The summed E-state index contributed by atoms with van der Waals surface area (Å²) in [5.41, 5.74) is 5.35. The fourth-order valence-electron chi connectivity index (χ4n) is 3.50. The Balaban J connectivity index is 1.85. The lowest BCUT2D eigenvalue weighted by Crippen LogP contribution is -2.10. The summed E-state index contributed by atoms with van der Waals surface area (Å²) in [4.78, 5) is 20.4. The lowest BCUT2D eigenvalue weighted by atomic mass is 9.95. The van der Waals surface area contributed by atoms with E-state index in [1.54, 1.807) is 12.4 Å². The molecule has 5 heteroatoms. The van der Waals surface area contributed by atoms with Crippen molar-refractivity contribution in [2.45, 2.75) is 32.6 Å². The number of para-hydroxylation sites is 1. The number of nitrogens with zero attached hydrogens (tertiary/aromatic N) is 1. The first-order chi connectivity index (χ1) is 13.3. The number of carbonyl (C=O) groups is 1. The SMILES string of the molecule is CCCOc1cnccc1-c1[nH]c2c(c1Nc1ccccc1)C(=O)CCC2. The van der Waals surface area contributed by atoms with Crippen LogP contribution in [0.4, 0.5) is 11.4 Å². The number of benzene rings is 1. The quantitative estimate of drug-likeness (QED) is 0.639. The van der Waals surface area contributed by atoms with E-state index in [1.165, 1.54) is 0 Å². The van der Waals surface area contributed by atoms with Crippen LogP contribution in [0, 0.1) is 0 Å². The Morgan fingerprint density at radius 1 is 1.19 bits per heavy atom. The van der Waals surface area contributed by atoms with Crippen LogP contribution in [0.5, 0.6) is 5.75 Å². The number of hydrogen-bond donors (Lipinski definition) is 2. The monoisotopic (exact) mass is 361 g/mol. The van der Waals surface area contributed by atoms with E-state index in [9.17, 15) is 4.79 Å². The van der Waals surface area contributed by atoms with Crippen LogP contribution in [0.3, 0.4) is 0 Å². The molecular formula is C22H23N3O2. The number of aromatic nitrogens is 2. The van der Waals surface area contributed by atoms with Crippen LogP contribution in [0.25, 0.3) is 11.3 Å². The minimum Gasteiger partial charge on any atom is -0.491 e. The molecular weight excluding hydrogens is 338 g/mol. The van der Waals surface area contributed by atoms with Gasteiger partial charge in [-0.15, -0.1) is 0 Å². The fourth-order valence-corrected chi connectivity index (χ4v) is 3.50. The van der Waals surface area contributed by atoms with Crippen LogP contribution in [0.2, 0.25) is 0 Å². The second-order valence-corrected chi connectivity index (χ2v) is 6.72. The normalized spacial score (nSPS) is 13.3. The third kappa shape index (κ3) is 3.45. The van der Waals surface area contributed by atoms with E-state index in [1.807, 2.05) is 36.4 Å². The number of Topliss-reactive ketones (excluding diaryl/α,β-unsaturated/α-hetero) is 1. The van der Waals surface area contributed by atoms with E-state index in [4.69, 9.17) is 4.74 Å². The molecule has 1 aliphatic carbocycles. The number of ketones is 1. The van der Waals surface area contributed by atoms with Crippen LogP contribution < -0.4 is 10.1 Å². The molecule has 4 rings (SSSR count). The summed E-state index contributed by atoms with van der Waals surface area (Å²) in [7, 11) is 0. The lowest BCUT2D eigenvalue weighted by molar-refractivity contribution is 0.0973. The van der Waals surface area contributed by atoms with Crippen molar-refractivity contribution in [2.24, 2.45) is 0 Å². The number of fused-ring (bicyclic) bond motifs is 1. The van der Waals surface area contributed by atoms with Crippen LogP contribution in [0.15, 0.2) is 48.8 Å². The van der Waals surface area contributed by atoms with Crippen LogP contribution in [-0.4, -0.2) is 22.4 Å². The summed E-state index contributed by atoms with van der Waals surface area (Å²) in [6.07, 6.45) is 6.75. The van der Waals surface area contributed by atoms with Gasteiger partial charge in [-0.3, -0.25) is 9.78 Å². The molecule has 138 valence electrons. The van der Waals surface area contributed by atoms with E-state index in [2.05, 4.69) is 22.2 Å². The van der Waals surface area contributed by atoms with Gasteiger partial charge < -0.3 is 15.0 Å². The Hall–Kier alpha value is -3.08. The van der Waals surface area contributed by atoms with Crippen molar-refractivity contribution in [3.05, 3.63) is 60.0 Å². The third-order valence-electron chi connectivity index (χ3n) is 4.75. The number of ether oxygens (including phenoxy) is 1. The molecule has 1 aromatic carbocycles. The lowest BCUT2D eigenvalue weighted by Gasteiger charge is -2.14. The molecule has 0 saturated heterocycles. The minimum atomic E-state index is 0.183.